The first-order chi connectivity index (χ1) is 17.2. The summed E-state index contributed by atoms with van der Waals surface area (Å²) in [6, 6.07) is 26.4. The number of hydrogen-bond acceptors (Lipinski definition) is 8. The number of nitro benzene ring substituents is 1. The third-order valence-electron chi connectivity index (χ3n) is 4.97. The molecule has 3 aromatic carbocycles. The maximum Gasteiger partial charge on any atom is 0.283 e. The molecule has 0 spiro atoms. The highest BCUT2D eigenvalue weighted by atomic mass is 32.2. The van der Waals surface area contributed by atoms with Crippen LogP contribution in [-0.4, -0.2) is 36.0 Å². The standard InChI is InChI=1S/C25H17N7O2S/c33-32(34)23-13-18(15-28-31-16-26-27-17-31)11-12-24(23)35-25-29-21(19-7-3-1-4-8-19)14-22(30-25)20-9-5-2-6-10-20/h1-17H/b28-15+. The van der Waals surface area contributed by atoms with Gasteiger partial charge in [0.25, 0.3) is 5.69 Å². The molecule has 0 saturated heterocycles. The largest absolute Gasteiger partial charge is 0.283 e. The van der Waals surface area contributed by atoms with Crippen molar-refractivity contribution in [1.82, 2.24) is 24.8 Å². The molecule has 0 bridgehead atoms. The number of aromatic nitrogens is 5. The van der Waals surface area contributed by atoms with E-state index in [0.717, 1.165) is 34.3 Å². The molecule has 0 saturated carbocycles. The van der Waals surface area contributed by atoms with E-state index in [1.165, 1.54) is 29.6 Å². The molecule has 5 rings (SSSR count). The van der Waals surface area contributed by atoms with Gasteiger partial charge in [-0.15, -0.1) is 10.2 Å². The van der Waals surface area contributed by atoms with Crippen LogP contribution < -0.4 is 0 Å². The van der Waals surface area contributed by atoms with Crippen molar-refractivity contribution in [3.63, 3.8) is 0 Å². The molecule has 0 N–H and O–H groups in total. The second-order valence-electron chi connectivity index (χ2n) is 7.33. The first-order valence-corrected chi connectivity index (χ1v) is 11.3. The average Bonchev–Trinajstić information content (AvgIpc) is 3.43. The van der Waals surface area contributed by atoms with Gasteiger partial charge in [0.2, 0.25) is 0 Å². The average molecular weight is 480 g/mol. The highest BCUT2D eigenvalue weighted by molar-refractivity contribution is 7.99. The second kappa shape index (κ2) is 10.1. The normalized spacial score (nSPS) is 11.1. The molecule has 170 valence electrons. The third-order valence-corrected chi connectivity index (χ3v) is 5.90. The smallest absolute Gasteiger partial charge is 0.258 e. The van der Waals surface area contributed by atoms with E-state index in [4.69, 9.17) is 9.97 Å². The van der Waals surface area contributed by atoms with Crippen LogP contribution in [0.2, 0.25) is 0 Å². The van der Waals surface area contributed by atoms with Crippen molar-refractivity contribution in [1.29, 1.82) is 0 Å². The Hall–Kier alpha value is -4.70. The Bertz CT molecular complexity index is 1430. The minimum absolute atomic E-state index is 0.0577. The molecule has 5 aromatic rings. The number of nitrogens with zero attached hydrogens (tertiary/aromatic N) is 7. The Kier molecular flexibility index (Phi) is 6.35. The van der Waals surface area contributed by atoms with E-state index >= 15 is 0 Å². The lowest BCUT2D eigenvalue weighted by Crippen LogP contribution is -1.97. The van der Waals surface area contributed by atoms with Crippen LogP contribution >= 0.6 is 11.8 Å². The van der Waals surface area contributed by atoms with E-state index in [1.54, 1.807) is 12.1 Å². The summed E-state index contributed by atoms with van der Waals surface area (Å²) in [5.41, 5.74) is 3.86. The maximum atomic E-state index is 11.9. The lowest BCUT2D eigenvalue weighted by atomic mass is 10.1. The van der Waals surface area contributed by atoms with Gasteiger partial charge in [0, 0.05) is 22.8 Å². The Morgan fingerprint density at radius 1 is 0.829 bits per heavy atom. The van der Waals surface area contributed by atoms with E-state index < -0.39 is 4.92 Å². The summed E-state index contributed by atoms with van der Waals surface area (Å²) < 4.78 is 1.41. The summed E-state index contributed by atoms with van der Waals surface area (Å²) in [7, 11) is 0. The molecule has 0 amide bonds. The molecule has 10 heteroatoms. The fourth-order valence-electron chi connectivity index (χ4n) is 3.31. The van der Waals surface area contributed by atoms with Crippen molar-refractivity contribution in [2.75, 3.05) is 0 Å². The number of rotatable bonds is 7. The Balaban J connectivity index is 1.53. The minimum atomic E-state index is -0.419. The number of benzene rings is 3. The van der Waals surface area contributed by atoms with Gasteiger partial charge in [0.1, 0.15) is 12.7 Å². The van der Waals surface area contributed by atoms with Gasteiger partial charge in [0.15, 0.2) is 5.16 Å². The monoisotopic (exact) mass is 479 g/mol. The molecule has 0 aliphatic rings. The van der Waals surface area contributed by atoms with Crippen LogP contribution in [-0.2, 0) is 0 Å². The van der Waals surface area contributed by atoms with Crippen LogP contribution in [0.1, 0.15) is 5.56 Å². The minimum Gasteiger partial charge on any atom is -0.258 e. The lowest BCUT2D eigenvalue weighted by molar-refractivity contribution is -0.387. The van der Waals surface area contributed by atoms with Crippen molar-refractivity contribution in [3.8, 4) is 22.5 Å². The quantitative estimate of drug-likeness (QED) is 0.134. The van der Waals surface area contributed by atoms with Gasteiger partial charge in [-0.05, 0) is 23.9 Å². The fraction of sp³-hybridized carbons (Fsp3) is 0. The maximum absolute atomic E-state index is 11.9. The van der Waals surface area contributed by atoms with Crippen molar-refractivity contribution >= 4 is 23.7 Å². The van der Waals surface area contributed by atoms with E-state index in [1.807, 2.05) is 66.7 Å². The lowest BCUT2D eigenvalue weighted by Gasteiger charge is -2.09. The van der Waals surface area contributed by atoms with E-state index in [-0.39, 0.29) is 5.69 Å². The molecule has 0 atom stereocenters. The Morgan fingerprint density at radius 3 is 2.00 bits per heavy atom. The molecular weight excluding hydrogens is 462 g/mol. The summed E-state index contributed by atoms with van der Waals surface area (Å²) >= 11 is 1.15. The topological polar surface area (TPSA) is 112 Å². The van der Waals surface area contributed by atoms with Crippen molar-refractivity contribution in [2.24, 2.45) is 5.10 Å². The van der Waals surface area contributed by atoms with Crippen LogP contribution in [0, 0.1) is 10.1 Å². The highest BCUT2D eigenvalue weighted by Gasteiger charge is 2.18. The van der Waals surface area contributed by atoms with Crippen LogP contribution in [0.5, 0.6) is 0 Å². The molecule has 2 aromatic heterocycles. The van der Waals surface area contributed by atoms with Crippen LogP contribution in [0.4, 0.5) is 5.69 Å². The highest BCUT2D eigenvalue weighted by Crippen LogP contribution is 2.35. The molecule has 0 aliphatic carbocycles. The predicted molar refractivity (Wildman–Crippen MR) is 133 cm³/mol. The number of hydrogen-bond donors (Lipinski definition) is 0. The Labute approximate surface area is 204 Å². The van der Waals surface area contributed by atoms with E-state index in [9.17, 15) is 10.1 Å². The third kappa shape index (κ3) is 5.28. The van der Waals surface area contributed by atoms with Crippen LogP contribution in [0.3, 0.4) is 0 Å². The van der Waals surface area contributed by atoms with Crippen molar-refractivity contribution in [3.05, 3.63) is 113 Å². The zero-order valence-corrected chi connectivity index (χ0v) is 19.0. The zero-order valence-electron chi connectivity index (χ0n) is 18.2. The van der Waals surface area contributed by atoms with Gasteiger partial charge in [-0.3, -0.25) is 10.1 Å². The first-order valence-electron chi connectivity index (χ1n) is 10.5. The predicted octanol–water partition coefficient (Wildman–Crippen LogP) is 5.34. The SMILES string of the molecule is O=[N+]([O-])c1cc(/C=N/n2cnnc2)ccc1Sc1nc(-c2ccccc2)cc(-c2ccccc2)n1. The van der Waals surface area contributed by atoms with E-state index in [2.05, 4.69) is 15.3 Å². The summed E-state index contributed by atoms with van der Waals surface area (Å²) in [6.45, 7) is 0. The van der Waals surface area contributed by atoms with Crippen molar-refractivity contribution < 1.29 is 4.92 Å². The molecule has 0 aliphatic heterocycles. The van der Waals surface area contributed by atoms with Gasteiger partial charge < -0.3 is 0 Å². The fourth-order valence-corrected chi connectivity index (χ4v) is 4.17. The van der Waals surface area contributed by atoms with Crippen LogP contribution in [0.15, 0.2) is 113 Å². The van der Waals surface area contributed by atoms with Gasteiger partial charge in [-0.1, -0.05) is 66.7 Å². The van der Waals surface area contributed by atoms with Gasteiger partial charge in [-0.25, -0.2) is 14.6 Å². The summed E-state index contributed by atoms with van der Waals surface area (Å²) in [6.07, 6.45) is 4.36. The van der Waals surface area contributed by atoms with Crippen LogP contribution in [0.25, 0.3) is 22.5 Å². The summed E-state index contributed by atoms with van der Waals surface area (Å²) in [5, 5.41) is 23.8. The van der Waals surface area contributed by atoms with Gasteiger partial charge in [0.05, 0.1) is 27.4 Å². The molecule has 0 unspecified atom stereocenters. The number of nitro groups is 1. The second-order valence-corrected chi connectivity index (χ2v) is 8.33. The van der Waals surface area contributed by atoms with E-state index in [0.29, 0.717) is 15.6 Å². The zero-order chi connectivity index (χ0) is 24.0. The van der Waals surface area contributed by atoms with Gasteiger partial charge in [-0.2, -0.15) is 5.10 Å². The van der Waals surface area contributed by atoms with Crippen molar-refractivity contribution in [2.45, 2.75) is 10.1 Å². The molecule has 0 radical (unpaired) electrons. The molecule has 9 nitrogen and oxygen atoms in total. The summed E-state index contributed by atoms with van der Waals surface area (Å²) in [4.78, 5) is 21.3. The van der Waals surface area contributed by atoms with Gasteiger partial charge >= 0.3 is 0 Å². The molecule has 2 heterocycles. The molecular formula is C25H17N7O2S. The molecule has 0 fully saturated rings. The molecule has 35 heavy (non-hydrogen) atoms. The summed E-state index contributed by atoms with van der Waals surface area (Å²) in [5.74, 6) is 0. The Morgan fingerprint density at radius 2 is 1.43 bits per heavy atom. The first kappa shape index (κ1) is 22.1.